The number of hydrogen-bond acceptors (Lipinski definition) is 7. The van der Waals surface area contributed by atoms with Gasteiger partial charge in [-0.2, -0.15) is 0 Å². The molecule has 0 radical (unpaired) electrons. The van der Waals surface area contributed by atoms with Crippen molar-refractivity contribution in [2.24, 2.45) is 4.99 Å². The highest BCUT2D eigenvalue weighted by atomic mass is 16.6. The Kier molecular flexibility index (Phi) is 6.07. The Morgan fingerprint density at radius 3 is 2.15 bits per heavy atom. The molecule has 0 fully saturated rings. The Hall–Kier alpha value is -4.57. The first kappa shape index (κ1) is 22.6. The summed E-state index contributed by atoms with van der Waals surface area (Å²) in [5.41, 5.74) is 3.05. The maximum absolute atomic E-state index is 11.3. The van der Waals surface area contributed by atoms with Crippen LogP contribution in [0.25, 0.3) is 10.9 Å². The molecule has 172 valence electrons. The highest BCUT2D eigenvalue weighted by Gasteiger charge is 2.21. The minimum atomic E-state index is -0.514. The number of fused-ring (bicyclic) bond motifs is 1. The Bertz CT molecular complexity index is 1410. The quantitative estimate of drug-likeness (QED) is 0.228. The van der Waals surface area contributed by atoms with E-state index in [9.17, 15) is 25.3 Å². The van der Waals surface area contributed by atoms with E-state index in [4.69, 9.17) is 4.99 Å². The lowest BCUT2D eigenvalue weighted by Gasteiger charge is -2.10. The highest BCUT2D eigenvalue weighted by Crippen LogP contribution is 2.34. The first-order valence-corrected chi connectivity index (χ1v) is 10.3. The van der Waals surface area contributed by atoms with Gasteiger partial charge in [-0.05, 0) is 50.0 Å². The topological polar surface area (TPSA) is 138 Å². The molecule has 0 bridgehead atoms. The largest absolute Gasteiger partial charge is 0.494 e. The van der Waals surface area contributed by atoms with Gasteiger partial charge in [0.05, 0.1) is 26.8 Å². The zero-order valence-corrected chi connectivity index (χ0v) is 18.4. The number of non-ortho nitro benzene ring substituents is 2. The summed E-state index contributed by atoms with van der Waals surface area (Å²) in [6.07, 6.45) is 0. The smallest absolute Gasteiger partial charge is 0.270 e. The van der Waals surface area contributed by atoms with Gasteiger partial charge in [-0.25, -0.2) is 4.99 Å². The second-order valence-corrected chi connectivity index (χ2v) is 8.00. The summed E-state index contributed by atoms with van der Waals surface area (Å²) in [6, 6.07) is 17.5. The number of nitro groups is 2. The summed E-state index contributed by atoms with van der Waals surface area (Å²) in [6.45, 7) is 0.756. The van der Waals surface area contributed by atoms with Crippen LogP contribution in [0, 0.1) is 20.2 Å². The lowest BCUT2D eigenvalue weighted by molar-refractivity contribution is -0.385. The number of nitrogens with one attached hydrogen (secondary N) is 1. The average Bonchev–Trinajstić information content (AvgIpc) is 3.13. The summed E-state index contributed by atoms with van der Waals surface area (Å²) in [4.78, 5) is 31.0. The van der Waals surface area contributed by atoms with Crippen molar-refractivity contribution < 1.29 is 15.0 Å². The molecule has 10 heteroatoms. The fourth-order valence-electron chi connectivity index (χ4n) is 3.69. The summed E-state index contributed by atoms with van der Waals surface area (Å²) in [7, 11) is 3.94. The third-order valence-electron chi connectivity index (χ3n) is 5.24. The van der Waals surface area contributed by atoms with Crippen LogP contribution in [0.3, 0.4) is 0 Å². The van der Waals surface area contributed by atoms with Crippen molar-refractivity contribution in [3.05, 3.63) is 104 Å². The van der Waals surface area contributed by atoms with Crippen molar-refractivity contribution >= 4 is 33.7 Å². The molecule has 0 saturated heterocycles. The van der Waals surface area contributed by atoms with Gasteiger partial charge in [0.1, 0.15) is 0 Å². The van der Waals surface area contributed by atoms with Crippen molar-refractivity contribution in [2.45, 2.75) is 6.54 Å². The van der Waals surface area contributed by atoms with E-state index in [2.05, 4.69) is 4.98 Å². The van der Waals surface area contributed by atoms with E-state index in [-0.39, 0.29) is 22.8 Å². The summed E-state index contributed by atoms with van der Waals surface area (Å²) >= 11 is 0. The van der Waals surface area contributed by atoms with Crippen molar-refractivity contribution in [2.75, 3.05) is 14.1 Å². The molecule has 0 amide bonds. The van der Waals surface area contributed by atoms with Crippen molar-refractivity contribution in [1.82, 2.24) is 9.88 Å². The molecule has 0 spiro atoms. The third kappa shape index (κ3) is 4.62. The second-order valence-electron chi connectivity index (χ2n) is 8.00. The number of benzene rings is 3. The van der Waals surface area contributed by atoms with Crippen LogP contribution in [0.1, 0.15) is 16.7 Å². The number of hydrogen-bond donors (Lipinski definition) is 2. The zero-order valence-electron chi connectivity index (χ0n) is 18.4. The normalized spacial score (nSPS) is 11.8. The lowest BCUT2D eigenvalue weighted by atomic mass is 10.00. The minimum Gasteiger partial charge on any atom is -0.494 e. The Balaban J connectivity index is 1.90. The molecule has 0 unspecified atom stereocenters. The molecule has 0 aliphatic rings. The lowest BCUT2D eigenvalue weighted by Crippen LogP contribution is -2.10. The average molecular weight is 459 g/mol. The maximum Gasteiger partial charge on any atom is 0.270 e. The van der Waals surface area contributed by atoms with E-state index < -0.39 is 9.85 Å². The monoisotopic (exact) mass is 459 g/mol. The van der Waals surface area contributed by atoms with Crippen LogP contribution >= 0.6 is 0 Å². The van der Waals surface area contributed by atoms with Gasteiger partial charge in [0.2, 0.25) is 0 Å². The molecule has 1 heterocycles. The number of nitrogens with zero attached hydrogens (tertiary/aromatic N) is 4. The van der Waals surface area contributed by atoms with Crippen LogP contribution < -0.4 is 0 Å². The van der Waals surface area contributed by atoms with E-state index in [0.717, 1.165) is 12.1 Å². The molecule has 10 nitrogen and oxygen atoms in total. The molecular formula is C24H21N5O5. The Morgan fingerprint density at radius 2 is 1.56 bits per heavy atom. The maximum atomic E-state index is 11.3. The highest BCUT2D eigenvalue weighted by molar-refractivity contribution is 6.22. The number of rotatable bonds is 7. The van der Waals surface area contributed by atoms with Gasteiger partial charge in [-0.1, -0.05) is 12.1 Å². The summed E-state index contributed by atoms with van der Waals surface area (Å²) in [5, 5.41) is 33.6. The molecule has 34 heavy (non-hydrogen) atoms. The Labute approximate surface area is 194 Å². The third-order valence-corrected chi connectivity index (χ3v) is 5.24. The molecule has 4 aromatic rings. The summed E-state index contributed by atoms with van der Waals surface area (Å²) < 4.78 is 0. The van der Waals surface area contributed by atoms with Crippen LogP contribution in [0.2, 0.25) is 0 Å². The van der Waals surface area contributed by atoms with Crippen LogP contribution in [-0.2, 0) is 6.54 Å². The van der Waals surface area contributed by atoms with Crippen molar-refractivity contribution in [3.63, 3.8) is 0 Å². The number of H-pyrrole nitrogens is 1. The van der Waals surface area contributed by atoms with Gasteiger partial charge in [-0.15, -0.1) is 0 Å². The predicted octanol–water partition coefficient (Wildman–Crippen LogP) is 4.92. The second kappa shape index (κ2) is 9.12. The molecular weight excluding hydrogens is 438 g/mol. The molecule has 4 rings (SSSR count). The molecule has 0 aliphatic carbocycles. The van der Waals surface area contributed by atoms with Crippen molar-refractivity contribution in [3.8, 4) is 5.88 Å². The molecule has 0 aliphatic heterocycles. The van der Waals surface area contributed by atoms with Crippen LogP contribution in [0.4, 0.5) is 17.1 Å². The fraction of sp³-hybridized carbons (Fsp3) is 0.125. The van der Waals surface area contributed by atoms with Crippen LogP contribution in [-0.4, -0.2) is 44.6 Å². The Morgan fingerprint density at radius 1 is 0.941 bits per heavy atom. The van der Waals surface area contributed by atoms with E-state index >= 15 is 0 Å². The van der Waals surface area contributed by atoms with E-state index in [1.807, 2.05) is 43.3 Å². The number of aliphatic imine (C=N–C) groups is 1. The first-order chi connectivity index (χ1) is 16.2. The van der Waals surface area contributed by atoms with Crippen LogP contribution in [0.15, 0.2) is 71.7 Å². The van der Waals surface area contributed by atoms with Crippen molar-refractivity contribution in [1.29, 1.82) is 0 Å². The van der Waals surface area contributed by atoms with Gasteiger partial charge in [0.15, 0.2) is 5.88 Å². The zero-order chi connectivity index (χ0) is 24.4. The number of nitro benzene ring substituents is 2. The summed E-state index contributed by atoms with van der Waals surface area (Å²) in [5.74, 6) is -0.211. The molecule has 3 aromatic carbocycles. The number of aromatic hydroxyl groups is 1. The number of aromatic amines is 1. The number of aromatic nitrogens is 1. The van der Waals surface area contributed by atoms with Gasteiger partial charge in [0, 0.05) is 47.3 Å². The van der Waals surface area contributed by atoms with E-state index in [1.165, 1.54) is 42.5 Å². The van der Waals surface area contributed by atoms with Gasteiger partial charge >= 0.3 is 0 Å². The SMILES string of the molecule is CN(C)Cc1ccc(N=C(c2ccc([N+](=O)[O-])cc2)c2c(O)[nH]c3ccc([N+](=O)[O-])cc23)cc1. The standard InChI is InChI=1S/C24H21N5O5/c1-27(2)14-15-3-7-17(8-4-15)25-23(16-5-9-18(10-6-16)28(31)32)22-20-13-19(29(33)34)11-12-21(20)26-24(22)30/h3-13,26,30H,14H2,1-2H3. The molecule has 0 atom stereocenters. The van der Waals surface area contributed by atoms with Gasteiger partial charge in [-0.3, -0.25) is 20.2 Å². The first-order valence-electron chi connectivity index (χ1n) is 10.3. The van der Waals surface area contributed by atoms with Gasteiger partial charge < -0.3 is 15.0 Å². The minimum absolute atomic E-state index is 0.0880. The fourth-order valence-corrected chi connectivity index (χ4v) is 3.69. The van der Waals surface area contributed by atoms with Crippen LogP contribution in [0.5, 0.6) is 5.88 Å². The van der Waals surface area contributed by atoms with E-state index in [0.29, 0.717) is 27.9 Å². The van der Waals surface area contributed by atoms with Gasteiger partial charge in [0.25, 0.3) is 11.4 Å². The predicted molar refractivity (Wildman–Crippen MR) is 129 cm³/mol. The molecule has 0 saturated carbocycles. The van der Waals surface area contributed by atoms with E-state index in [1.54, 1.807) is 0 Å². The molecule has 1 aromatic heterocycles. The molecule has 2 N–H and O–H groups in total.